The van der Waals surface area contributed by atoms with Crippen LogP contribution < -0.4 is 36.3 Å². The first-order valence-corrected chi connectivity index (χ1v) is 36.1. The molecule has 7 aliphatic heterocycles. The Bertz CT molecular complexity index is 2160. The molecule has 7 heterocycles. The highest BCUT2D eigenvalue weighted by atomic mass is 28.5. The van der Waals surface area contributed by atoms with Crippen molar-refractivity contribution in [2.45, 2.75) is 19.1 Å². The molecule has 67 heavy (non-hydrogen) atoms. The number of hydrogen-bond acceptors (Lipinski definition) is 18. The lowest BCUT2D eigenvalue weighted by Crippen LogP contribution is -2.69. The van der Waals surface area contributed by atoms with Gasteiger partial charge in [0.25, 0.3) is 0 Å². The van der Waals surface area contributed by atoms with E-state index >= 15 is 0 Å². The predicted molar refractivity (Wildman–Crippen MR) is 267 cm³/mol. The van der Waals surface area contributed by atoms with Gasteiger partial charge in [0.05, 0.1) is 0 Å². The van der Waals surface area contributed by atoms with E-state index in [-0.39, 0.29) is 0 Å². The average Bonchev–Trinajstić information content (AvgIpc) is 3.39. The van der Waals surface area contributed by atoms with E-state index in [4.69, 9.17) is 78.4 Å². The second kappa shape index (κ2) is 23.0. The van der Waals surface area contributed by atoms with E-state index in [1.165, 1.54) is 56.9 Å². The third kappa shape index (κ3) is 10.8. The van der Waals surface area contributed by atoms with Crippen molar-refractivity contribution < 1.29 is 78.4 Å². The van der Waals surface area contributed by atoms with Crippen LogP contribution in [-0.2, 0) is 84.5 Å². The largest absolute Gasteiger partial charge is 0.529 e. The average molecular weight is 1070 g/mol. The standard InChI is InChI=1S/C41H66O18Si8/c1-42-60(15)33-34-17-19-35(20-18-34)61(16,43-2)57-63(46-5,47-6)37-23-27-39(28-24-37)65(50-9,51-10)59-67(54-13,55-14)41-31-29-40(30-32-41)66(52-11,53-12)58-64(48-7,49-8)38-25-21-36(22-26-38)62(44-3,45-4)56-60/h17-32H,33H2,1-16H3. The van der Waals surface area contributed by atoms with Crippen molar-refractivity contribution >= 4 is 106 Å². The number of benzene rings is 4. The van der Waals surface area contributed by atoms with Crippen LogP contribution in [0.15, 0.2) is 97.1 Å². The van der Waals surface area contributed by atoms with E-state index < -0.39 is 69.9 Å². The summed E-state index contributed by atoms with van der Waals surface area (Å²) in [5, 5.41) is 4.62. The fourth-order valence-electron chi connectivity index (χ4n) is 7.96. The zero-order chi connectivity index (χ0) is 49.4. The molecule has 0 fully saturated rings. The molecule has 4 aromatic rings. The molecule has 0 aliphatic carbocycles. The van der Waals surface area contributed by atoms with Gasteiger partial charge in [-0.15, -0.1) is 0 Å². The maximum Gasteiger partial charge on any atom is 0.529 e. The molecule has 0 aromatic heterocycles. The molecule has 4 aromatic carbocycles. The van der Waals surface area contributed by atoms with E-state index in [0.29, 0.717) is 37.2 Å². The van der Waals surface area contributed by atoms with Gasteiger partial charge in [0.15, 0.2) is 0 Å². The molecule has 7 aliphatic rings. The highest BCUT2D eigenvalue weighted by Gasteiger charge is 2.59. The van der Waals surface area contributed by atoms with E-state index in [2.05, 4.69) is 0 Å². The van der Waals surface area contributed by atoms with Crippen molar-refractivity contribution in [2.24, 2.45) is 0 Å². The topological polar surface area (TPSA) is 166 Å². The zero-order valence-corrected chi connectivity index (χ0v) is 49.3. The monoisotopic (exact) mass is 1070 g/mol. The molecular weight excluding hydrogens is 1010 g/mol. The molecule has 370 valence electrons. The molecule has 0 N–H and O–H groups in total. The fourth-order valence-corrected chi connectivity index (χ4v) is 32.8. The van der Waals surface area contributed by atoms with Crippen molar-refractivity contribution in [3.8, 4) is 0 Å². The molecule has 26 heteroatoms. The second-order valence-electron chi connectivity index (χ2n) is 15.3. The molecule has 0 spiro atoms. The van der Waals surface area contributed by atoms with Crippen LogP contribution in [0.1, 0.15) is 5.56 Å². The summed E-state index contributed by atoms with van der Waals surface area (Å²) in [6.45, 7) is 3.93. The summed E-state index contributed by atoms with van der Waals surface area (Å²) in [6.07, 6.45) is 0. The van der Waals surface area contributed by atoms with Crippen molar-refractivity contribution in [3.05, 3.63) is 103 Å². The van der Waals surface area contributed by atoms with Gasteiger partial charge < -0.3 is 78.4 Å². The van der Waals surface area contributed by atoms with E-state index in [9.17, 15) is 0 Å². The summed E-state index contributed by atoms with van der Waals surface area (Å²) in [5.74, 6) is 0. The van der Waals surface area contributed by atoms with Crippen LogP contribution >= 0.6 is 0 Å². The summed E-state index contributed by atoms with van der Waals surface area (Å²) in [5.41, 5.74) is 0.964. The maximum atomic E-state index is 6.98. The normalized spacial score (nSPS) is 23.4. The molecular formula is C41H66O18Si8. The van der Waals surface area contributed by atoms with Crippen molar-refractivity contribution in [1.82, 2.24) is 0 Å². The number of rotatable bonds is 14. The van der Waals surface area contributed by atoms with Crippen LogP contribution in [0.5, 0.6) is 0 Å². The Morgan fingerprint density at radius 2 is 0.493 bits per heavy atom. The molecule has 0 saturated carbocycles. The smallest absolute Gasteiger partial charge is 0.398 e. The van der Waals surface area contributed by atoms with Gasteiger partial charge in [-0.2, -0.15) is 0 Å². The highest BCUT2D eigenvalue weighted by molar-refractivity contribution is 6.92. The predicted octanol–water partition coefficient (Wildman–Crippen LogP) is 0.225. The minimum Gasteiger partial charge on any atom is -0.398 e. The van der Waals surface area contributed by atoms with Crippen LogP contribution in [0.25, 0.3) is 0 Å². The van der Waals surface area contributed by atoms with Gasteiger partial charge in [-0.25, -0.2) is 0 Å². The van der Waals surface area contributed by atoms with Gasteiger partial charge in [-0.3, -0.25) is 0 Å². The summed E-state index contributed by atoms with van der Waals surface area (Å²) in [6, 6.07) is 30.6. The van der Waals surface area contributed by atoms with E-state index in [1.54, 1.807) is 42.7 Å². The molecule has 0 saturated heterocycles. The Morgan fingerprint density at radius 1 is 0.269 bits per heavy atom. The van der Waals surface area contributed by atoms with Crippen molar-refractivity contribution in [3.63, 3.8) is 0 Å². The van der Waals surface area contributed by atoms with Gasteiger partial charge in [0.2, 0.25) is 0 Å². The molecule has 2 unspecified atom stereocenters. The Labute approximate surface area is 404 Å². The van der Waals surface area contributed by atoms with Crippen LogP contribution in [0, 0.1) is 0 Å². The Morgan fingerprint density at radius 3 is 0.716 bits per heavy atom. The van der Waals surface area contributed by atoms with Gasteiger partial charge in [0.1, 0.15) is 0 Å². The third-order valence-electron chi connectivity index (χ3n) is 12.0. The summed E-state index contributed by atoms with van der Waals surface area (Å²) < 4.78 is 114. The Hall–Kier alpha value is -2.10. The SMILES string of the molecule is CO[Si]1(C)Cc2ccc(cc2)[Si](C)(OC)O[Si](OC)(OC)c2ccc(cc2)[Si](OC)(OC)O[Si](OC)(OC)c2ccc(cc2)[Si](OC)(OC)O[Si](OC)(OC)c2ccc(cc2)[Si](OC)(OC)O1. The lowest BCUT2D eigenvalue weighted by Gasteiger charge is -2.37. The van der Waals surface area contributed by atoms with Crippen LogP contribution in [-0.4, -0.2) is 169 Å². The highest BCUT2D eigenvalue weighted by Crippen LogP contribution is 2.25. The molecule has 18 nitrogen and oxygen atoms in total. The summed E-state index contributed by atoms with van der Waals surface area (Å²) in [4.78, 5) is 0. The number of hydrogen-bond donors (Lipinski definition) is 0. The van der Waals surface area contributed by atoms with Crippen LogP contribution in [0.3, 0.4) is 0 Å². The van der Waals surface area contributed by atoms with Gasteiger partial charge >= 0.3 is 69.9 Å². The lowest BCUT2D eigenvalue weighted by molar-refractivity contribution is 0.105. The Kier molecular flexibility index (Phi) is 19.1. The van der Waals surface area contributed by atoms with Crippen LogP contribution in [0.4, 0.5) is 0 Å². The molecule has 0 amide bonds. The summed E-state index contributed by atoms with van der Waals surface area (Å²) >= 11 is 0. The minimum absolute atomic E-state index is 0.464. The zero-order valence-electron chi connectivity index (χ0n) is 41.3. The molecule has 2 atom stereocenters. The van der Waals surface area contributed by atoms with E-state index in [0.717, 1.165) is 10.8 Å². The Balaban J connectivity index is 1.73. The van der Waals surface area contributed by atoms with Gasteiger partial charge in [-0.1, -0.05) is 97.1 Å². The molecule has 8 bridgehead atoms. The van der Waals surface area contributed by atoms with Crippen molar-refractivity contribution in [1.29, 1.82) is 0 Å². The quantitative estimate of drug-likeness (QED) is 0.158. The van der Waals surface area contributed by atoms with Gasteiger partial charge in [-0.05, 0) is 23.8 Å². The first-order valence-electron chi connectivity index (χ1n) is 20.9. The second-order valence-corrected chi connectivity index (χ2v) is 39.5. The first-order chi connectivity index (χ1) is 32.0. The summed E-state index contributed by atoms with van der Waals surface area (Å²) in [7, 11) is -7.07. The van der Waals surface area contributed by atoms with E-state index in [1.807, 2.05) is 110 Å². The van der Waals surface area contributed by atoms with Gasteiger partial charge in [0, 0.05) is 137 Å². The molecule has 0 radical (unpaired) electrons. The van der Waals surface area contributed by atoms with Crippen molar-refractivity contribution in [2.75, 3.05) is 99.5 Å². The van der Waals surface area contributed by atoms with Crippen LogP contribution in [0.2, 0.25) is 13.1 Å². The minimum atomic E-state index is -3.82. The maximum absolute atomic E-state index is 6.98. The fraction of sp³-hybridized carbons (Fsp3) is 0.415. The molecule has 11 rings (SSSR count). The first kappa shape index (κ1) is 55.8. The lowest BCUT2D eigenvalue weighted by atomic mass is 10.2. The third-order valence-corrected chi connectivity index (χ3v) is 38.5.